The Balaban J connectivity index is 1.54. The number of ketones is 1. The number of hydrogen-bond acceptors (Lipinski definition) is 5. The van der Waals surface area contributed by atoms with Gasteiger partial charge < -0.3 is 14.2 Å². The van der Waals surface area contributed by atoms with Crippen molar-refractivity contribution in [2.24, 2.45) is 0 Å². The van der Waals surface area contributed by atoms with Crippen LogP contribution in [-0.2, 0) is 6.42 Å². The third kappa shape index (κ3) is 3.82. The smallest absolute Gasteiger partial charge is 0.347 e. The van der Waals surface area contributed by atoms with Gasteiger partial charge in [-0.25, -0.2) is 4.79 Å². The Labute approximate surface area is 174 Å². The van der Waals surface area contributed by atoms with Gasteiger partial charge in [-0.3, -0.25) is 4.79 Å². The number of Topliss-reactive ketones (excluding diaryl/α,β-unsaturated/α-hetero) is 1. The number of carbonyl (C=O) groups excluding carboxylic acids is 2. The number of rotatable bonds is 5. The van der Waals surface area contributed by atoms with Gasteiger partial charge >= 0.3 is 5.97 Å². The molecule has 150 valence electrons. The molecule has 5 heteroatoms. The lowest BCUT2D eigenvalue weighted by Gasteiger charge is -2.08. The number of aryl methyl sites for hydroxylation is 1. The molecule has 0 saturated carbocycles. The highest BCUT2D eigenvalue weighted by atomic mass is 16.5. The molecule has 1 aliphatic rings. The zero-order valence-electron chi connectivity index (χ0n) is 16.7. The standard InChI is InChI=1S/C25H20O5/c1-3-16-8-10-17(11-9-16)14-23-24(26)19-13-12-18(15-22(19)30-23)29-25(27)20-6-4-5-7-21(20)28-2/h4-15H,3H2,1-2H3. The van der Waals surface area contributed by atoms with Gasteiger partial charge in [-0.2, -0.15) is 0 Å². The van der Waals surface area contributed by atoms with Gasteiger partial charge in [0.2, 0.25) is 5.78 Å². The number of carbonyl (C=O) groups is 2. The molecule has 4 rings (SSSR count). The minimum atomic E-state index is -0.552. The minimum Gasteiger partial charge on any atom is -0.496 e. The first-order valence-electron chi connectivity index (χ1n) is 9.61. The van der Waals surface area contributed by atoms with Crippen molar-refractivity contribution < 1.29 is 23.8 Å². The van der Waals surface area contributed by atoms with E-state index in [-0.39, 0.29) is 17.3 Å². The summed E-state index contributed by atoms with van der Waals surface area (Å²) in [6.07, 6.45) is 2.66. The van der Waals surface area contributed by atoms with Gasteiger partial charge in [-0.15, -0.1) is 0 Å². The van der Waals surface area contributed by atoms with E-state index in [0.29, 0.717) is 22.6 Å². The van der Waals surface area contributed by atoms with Crippen molar-refractivity contribution in [1.29, 1.82) is 0 Å². The summed E-state index contributed by atoms with van der Waals surface area (Å²) >= 11 is 0. The van der Waals surface area contributed by atoms with Crippen molar-refractivity contribution in [2.75, 3.05) is 7.11 Å². The van der Waals surface area contributed by atoms with Crippen molar-refractivity contribution in [2.45, 2.75) is 13.3 Å². The molecule has 3 aromatic carbocycles. The van der Waals surface area contributed by atoms with Crippen LogP contribution in [0.4, 0.5) is 0 Å². The minimum absolute atomic E-state index is 0.202. The average Bonchev–Trinajstić information content (AvgIpc) is 3.08. The van der Waals surface area contributed by atoms with Gasteiger partial charge in [0.15, 0.2) is 5.76 Å². The number of allylic oxidation sites excluding steroid dienone is 1. The second-order valence-corrected chi connectivity index (χ2v) is 6.78. The lowest BCUT2D eigenvalue weighted by atomic mass is 10.1. The predicted molar refractivity (Wildman–Crippen MR) is 113 cm³/mol. The van der Waals surface area contributed by atoms with E-state index in [1.54, 1.807) is 48.5 Å². The molecule has 0 spiro atoms. The molecule has 1 aliphatic heterocycles. The van der Waals surface area contributed by atoms with Crippen LogP contribution in [0.5, 0.6) is 17.2 Å². The predicted octanol–water partition coefficient (Wildman–Crippen LogP) is 5.09. The Kier molecular flexibility index (Phi) is 5.35. The first-order chi connectivity index (χ1) is 14.6. The first-order valence-corrected chi connectivity index (χ1v) is 9.61. The Bertz CT molecular complexity index is 1140. The number of fused-ring (bicyclic) bond motifs is 1. The molecule has 0 aliphatic carbocycles. The molecule has 0 N–H and O–H groups in total. The molecule has 0 aromatic heterocycles. The maximum absolute atomic E-state index is 12.6. The molecule has 0 radical (unpaired) electrons. The molecular formula is C25H20O5. The quantitative estimate of drug-likeness (QED) is 0.339. The summed E-state index contributed by atoms with van der Waals surface area (Å²) in [7, 11) is 1.49. The highest BCUT2D eigenvalue weighted by Gasteiger charge is 2.28. The fourth-order valence-electron chi connectivity index (χ4n) is 3.21. The van der Waals surface area contributed by atoms with Crippen LogP contribution in [0.2, 0.25) is 0 Å². The van der Waals surface area contributed by atoms with Crippen molar-refractivity contribution in [3.05, 3.63) is 94.7 Å². The van der Waals surface area contributed by atoms with E-state index in [9.17, 15) is 9.59 Å². The third-order valence-electron chi connectivity index (χ3n) is 4.86. The van der Waals surface area contributed by atoms with Crippen LogP contribution in [0.15, 0.2) is 72.5 Å². The van der Waals surface area contributed by atoms with Crippen LogP contribution in [0.3, 0.4) is 0 Å². The average molecular weight is 400 g/mol. The van der Waals surface area contributed by atoms with Crippen molar-refractivity contribution in [3.63, 3.8) is 0 Å². The van der Waals surface area contributed by atoms with Crippen LogP contribution < -0.4 is 14.2 Å². The molecule has 0 saturated heterocycles. The first kappa shape index (κ1) is 19.5. The van der Waals surface area contributed by atoms with Crippen LogP contribution in [-0.4, -0.2) is 18.9 Å². The number of esters is 1. The summed E-state index contributed by atoms with van der Waals surface area (Å²) in [5.74, 6) is 0.556. The summed E-state index contributed by atoms with van der Waals surface area (Å²) in [6.45, 7) is 2.09. The summed E-state index contributed by atoms with van der Waals surface area (Å²) in [6, 6.07) is 19.5. The molecule has 1 heterocycles. The largest absolute Gasteiger partial charge is 0.496 e. The Morgan fingerprint density at radius 3 is 2.53 bits per heavy atom. The second-order valence-electron chi connectivity index (χ2n) is 6.78. The maximum atomic E-state index is 12.6. The molecule has 0 fully saturated rings. The highest BCUT2D eigenvalue weighted by molar-refractivity contribution is 6.14. The monoisotopic (exact) mass is 400 g/mol. The molecule has 0 atom stereocenters. The van der Waals surface area contributed by atoms with Crippen LogP contribution in [0.1, 0.15) is 38.8 Å². The topological polar surface area (TPSA) is 61.8 Å². The second kappa shape index (κ2) is 8.25. The Morgan fingerprint density at radius 1 is 1.03 bits per heavy atom. The van der Waals surface area contributed by atoms with Crippen LogP contribution in [0, 0.1) is 0 Å². The molecule has 0 bridgehead atoms. The SMILES string of the molecule is CCc1ccc(C=C2Oc3cc(OC(=O)c4ccccc4OC)ccc3C2=O)cc1. The van der Waals surface area contributed by atoms with E-state index in [4.69, 9.17) is 14.2 Å². The van der Waals surface area contributed by atoms with E-state index >= 15 is 0 Å². The van der Waals surface area contributed by atoms with Crippen molar-refractivity contribution >= 4 is 17.8 Å². The number of para-hydroxylation sites is 1. The summed E-state index contributed by atoms with van der Waals surface area (Å²) < 4.78 is 16.4. The zero-order chi connectivity index (χ0) is 21.1. The molecule has 3 aromatic rings. The number of hydrogen-bond donors (Lipinski definition) is 0. The molecule has 5 nitrogen and oxygen atoms in total. The fraction of sp³-hybridized carbons (Fsp3) is 0.120. The van der Waals surface area contributed by atoms with E-state index in [2.05, 4.69) is 6.92 Å². The lowest BCUT2D eigenvalue weighted by Crippen LogP contribution is -2.10. The number of ether oxygens (including phenoxy) is 3. The molecular weight excluding hydrogens is 380 g/mol. The van der Waals surface area contributed by atoms with Gasteiger partial charge in [0.25, 0.3) is 0 Å². The maximum Gasteiger partial charge on any atom is 0.347 e. The van der Waals surface area contributed by atoms with Gasteiger partial charge in [0, 0.05) is 6.07 Å². The van der Waals surface area contributed by atoms with Gasteiger partial charge in [0.1, 0.15) is 22.8 Å². The van der Waals surface area contributed by atoms with Crippen molar-refractivity contribution in [3.8, 4) is 17.2 Å². The number of benzene rings is 3. The fourth-order valence-corrected chi connectivity index (χ4v) is 3.21. The van der Waals surface area contributed by atoms with Crippen LogP contribution >= 0.6 is 0 Å². The summed E-state index contributed by atoms with van der Waals surface area (Å²) in [4.78, 5) is 25.1. The van der Waals surface area contributed by atoms with E-state index in [1.165, 1.54) is 12.7 Å². The van der Waals surface area contributed by atoms with E-state index in [1.807, 2.05) is 24.3 Å². The van der Waals surface area contributed by atoms with Crippen LogP contribution in [0.25, 0.3) is 6.08 Å². The highest BCUT2D eigenvalue weighted by Crippen LogP contribution is 2.35. The van der Waals surface area contributed by atoms with Gasteiger partial charge in [-0.1, -0.05) is 43.3 Å². The Hall–Kier alpha value is -3.86. The Morgan fingerprint density at radius 2 is 1.80 bits per heavy atom. The normalized spacial score (nSPS) is 13.7. The van der Waals surface area contributed by atoms with E-state index in [0.717, 1.165) is 12.0 Å². The molecule has 0 amide bonds. The molecule has 30 heavy (non-hydrogen) atoms. The lowest BCUT2D eigenvalue weighted by molar-refractivity contribution is 0.0731. The van der Waals surface area contributed by atoms with Gasteiger partial charge in [0.05, 0.1) is 12.7 Å². The van der Waals surface area contributed by atoms with E-state index < -0.39 is 5.97 Å². The van der Waals surface area contributed by atoms with Gasteiger partial charge in [-0.05, 0) is 47.9 Å². The third-order valence-corrected chi connectivity index (χ3v) is 4.86. The summed E-state index contributed by atoms with van der Waals surface area (Å²) in [5.41, 5.74) is 2.85. The number of methoxy groups -OCH3 is 1. The summed E-state index contributed by atoms with van der Waals surface area (Å²) in [5, 5.41) is 0. The van der Waals surface area contributed by atoms with Crippen molar-refractivity contribution in [1.82, 2.24) is 0 Å². The zero-order valence-corrected chi connectivity index (χ0v) is 16.7. The molecule has 0 unspecified atom stereocenters.